The van der Waals surface area contributed by atoms with Gasteiger partial charge in [0.05, 0.1) is 10.6 Å². The Kier molecular flexibility index (Phi) is 4.93. The quantitative estimate of drug-likeness (QED) is 0.741. The Morgan fingerprint density at radius 3 is 2.72 bits per heavy atom. The topological polar surface area (TPSA) is 82.5 Å². The molecule has 0 aliphatic carbocycles. The summed E-state index contributed by atoms with van der Waals surface area (Å²) in [6.07, 6.45) is 2.60. The van der Waals surface area contributed by atoms with Crippen molar-refractivity contribution in [3.8, 4) is 0 Å². The molecule has 1 unspecified atom stereocenters. The van der Waals surface area contributed by atoms with Crippen LogP contribution in [-0.4, -0.2) is 33.3 Å². The van der Waals surface area contributed by atoms with Crippen LogP contribution in [0.25, 0.3) is 0 Å². The fourth-order valence-corrected chi connectivity index (χ4v) is 1.72. The molecule has 0 bridgehead atoms. The van der Waals surface area contributed by atoms with Gasteiger partial charge < -0.3 is 15.5 Å². The molecule has 0 saturated heterocycles. The lowest BCUT2D eigenvalue weighted by molar-refractivity contribution is 0.0696. The molecule has 3 N–H and O–H groups in total. The van der Waals surface area contributed by atoms with Crippen molar-refractivity contribution in [2.45, 2.75) is 32.2 Å². The van der Waals surface area contributed by atoms with Gasteiger partial charge in [-0.25, -0.2) is 9.78 Å². The number of anilines is 1. The summed E-state index contributed by atoms with van der Waals surface area (Å²) in [6.45, 7) is 4.00. The Balaban J connectivity index is 2.94. The molecule has 1 aromatic heterocycles. The molecule has 0 spiro atoms. The van der Waals surface area contributed by atoms with E-state index in [0.29, 0.717) is 12.2 Å². The van der Waals surface area contributed by atoms with Crippen molar-refractivity contribution in [2.24, 2.45) is 0 Å². The normalized spacial score (nSPS) is 14.0. The highest BCUT2D eigenvalue weighted by molar-refractivity contribution is 6.33. The molecular weight excluding hydrogens is 256 g/mol. The minimum Gasteiger partial charge on any atom is -0.478 e. The molecule has 1 rings (SSSR count). The predicted octanol–water partition coefficient (Wildman–Crippen LogP) is 2.40. The van der Waals surface area contributed by atoms with Crippen molar-refractivity contribution in [1.82, 2.24) is 4.98 Å². The zero-order chi connectivity index (χ0) is 13.8. The summed E-state index contributed by atoms with van der Waals surface area (Å²) >= 11 is 5.99. The Morgan fingerprint density at radius 1 is 1.61 bits per heavy atom. The summed E-state index contributed by atoms with van der Waals surface area (Å²) in [7, 11) is 0. The van der Waals surface area contributed by atoms with Crippen molar-refractivity contribution < 1.29 is 15.0 Å². The van der Waals surface area contributed by atoms with E-state index in [9.17, 15) is 4.79 Å². The van der Waals surface area contributed by atoms with Crippen LogP contribution >= 0.6 is 11.6 Å². The van der Waals surface area contributed by atoms with Crippen LogP contribution in [0.3, 0.4) is 0 Å². The van der Waals surface area contributed by atoms with Gasteiger partial charge in [-0.2, -0.15) is 0 Å². The van der Waals surface area contributed by atoms with Crippen molar-refractivity contribution in [1.29, 1.82) is 0 Å². The van der Waals surface area contributed by atoms with Crippen molar-refractivity contribution in [2.75, 3.05) is 11.9 Å². The van der Waals surface area contributed by atoms with E-state index < -0.39 is 5.97 Å². The Bertz CT molecular complexity index is 439. The van der Waals surface area contributed by atoms with E-state index >= 15 is 0 Å². The number of aliphatic hydroxyl groups excluding tert-OH is 1. The summed E-state index contributed by atoms with van der Waals surface area (Å²) in [5, 5.41) is 21.2. The first-order valence-electron chi connectivity index (χ1n) is 5.69. The average molecular weight is 273 g/mol. The van der Waals surface area contributed by atoms with Crippen LogP contribution in [-0.2, 0) is 0 Å². The van der Waals surface area contributed by atoms with Gasteiger partial charge >= 0.3 is 5.97 Å². The summed E-state index contributed by atoms with van der Waals surface area (Å²) in [5.74, 6) is -0.635. The Morgan fingerprint density at radius 2 is 2.28 bits per heavy atom. The highest BCUT2D eigenvalue weighted by Crippen LogP contribution is 2.26. The third kappa shape index (κ3) is 3.58. The summed E-state index contributed by atoms with van der Waals surface area (Å²) in [4.78, 5) is 14.8. The first-order chi connectivity index (χ1) is 8.41. The number of hydrogen-bond acceptors (Lipinski definition) is 4. The fourth-order valence-electron chi connectivity index (χ4n) is 1.51. The number of aromatic carboxylic acids is 1. The molecule has 100 valence electrons. The lowest BCUT2D eigenvalue weighted by Gasteiger charge is -2.30. The first kappa shape index (κ1) is 14.7. The number of aromatic nitrogens is 1. The van der Waals surface area contributed by atoms with E-state index in [1.807, 2.05) is 13.8 Å². The number of carboxylic acid groups (broad SMARTS) is 1. The number of nitrogens with one attached hydrogen (secondary N) is 1. The standard InChI is InChI=1S/C12H17ClN2O3/c1-3-12(2,4-5-16)15-10-9(13)6-8(7-14-10)11(17)18/h6-7,16H,3-5H2,1-2H3,(H,14,15)(H,17,18). The van der Waals surface area contributed by atoms with E-state index in [0.717, 1.165) is 6.42 Å². The van der Waals surface area contributed by atoms with Crippen LogP contribution in [0.15, 0.2) is 12.3 Å². The van der Waals surface area contributed by atoms with Gasteiger partial charge in [-0.15, -0.1) is 0 Å². The Hall–Kier alpha value is -1.33. The van der Waals surface area contributed by atoms with E-state index in [-0.39, 0.29) is 22.7 Å². The van der Waals surface area contributed by atoms with Crippen LogP contribution in [0.4, 0.5) is 5.82 Å². The van der Waals surface area contributed by atoms with Crippen molar-refractivity contribution in [3.05, 3.63) is 22.8 Å². The molecule has 0 aliphatic heterocycles. The summed E-state index contributed by atoms with van der Waals surface area (Å²) in [5.41, 5.74) is -0.276. The number of rotatable bonds is 6. The fraction of sp³-hybridized carbons (Fsp3) is 0.500. The van der Waals surface area contributed by atoms with E-state index in [2.05, 4.69) is 10.3 Å². The molecule has 18 heavy (non-hydrogen) atoms. The number of aliphatic hydroxyl groups is 1. The summed E-state index contributed by atoms with van der Waals surface area (Å²) in [6, 6.07) is 1.36. The smallest absolute Gasteiger partial charge is 0.337 e. The van der Waals surface area contributed by atoms with Gasteiger partial charge in [0.2, 0.25) is 0 Å². The highest BCUT2D eigenvalue weighted by atomic mass is 35.5. The number of halogens is 1. The van der Waals surface area contributed by atoms with E-state index in [4.69, 9.17) is 21.8 Å². The van der Waals surface area contributed by atoms with Crippen LogP contribution in [0.1, 0.15) is 37.0 Å². The minimum atomic E-state index is -1.07. The average Bonchev–Trinajstić information content (AvgIpc) is 2.32. The number of nitrogens with zero attached hydrogens (tertiary/aromatic N) is 1. The molecule has 0 aromatic carbocycles. The van der Waals surface area contributed by atoms with Gasteiger partial charge in [0, 0.05) is 18.3 Å². The predicted molar refractivity (Wildman–Crippen MR) is 70.2 cm³/mol. The van der Waals surface area contributed by atoms with Gasteiger partial charge in [0.1, 0.15) is 5.82 Å². The molecular formula is C12H17ClN2O3. The summed E-state index contributed by atoms with van der Waals surface area (Å²) < 4.78 is 0. The minimum absolute atomic E-state index is 0.0471. The zero-order valence-corrected chi connectivity index (χ0v) is 11.2. The first-order valence-corrected chi connectivity index (χ1v) is 6.07. The van der Waals surface area contributed by atoms with Gasteiger partial charge in [-0.1, -0.05) is 18.5 Å². The molecule has 0 amide bonds. The number of carbonyl (C=O) groups is 1. The second kappa shape index (κ2) is 6.02. The molecule has 5 nitrogen and oxygen atoms in total. The van der Waals surface area contributed by atoms with Gasteiger partial charge in [-0.05, 0) is 25.8 Å². The van der Waals surface area contributed by atoms with Gasteiger partial charge in [-0.3, -0.25) is 0 Å². The molecule has 0 saturated carbocycles. The highest BCUT2D eigenvalue weighted by Gasteiger charge is 2.23. The van der Waals surface area contributed by atoms with Crippen LogP contribution < -0.4 is 5.32 Å². The lowest BCUT2D eigenvalue weighted by atomic mass is 9.95. The van der Waals surface area contributed by atoms with Crippen LogP contribution in [0.5, 0.6) is 0 Å². The maximum atomic E-state index is 10.8. The van der Waals surface area contributed by atoms with E-state index in [1.54, 1.807) is 0 Å². The zero-order valence-electron chi connectivity index (χ0n) is 10.4. The molecule has 1 heterocycles. The third-order valence-electron chi connectivity index (χ3n) is 2.95. The second-order valence-corrected chi connectivity index (χ2v) is 4.78. The van der Waals surface area contributed by atoms with Crippen LogP contribution in [0.2, 0.25) is 5.02 Å². The molecule has 1 aromatic rings. The van der Waals surface area contributed by atoms with Crippen LogP contribution in [0, 0.1) is 0 Å². The SMILES string of the molecule is CCC(C)(CCO)Nc1ncc(C(=O)O)cc1Cl. The maximum Gasteiger partial charge on any atom is 0.337 e. The monoisotopic (exact) mass is 272 g/mol. The molecule has 6 heteroatoms. The molecule has 0 fully saturated rings. The second-order valence-electron chi connectivity index (χ2n) is 4.37. The third-order valence-corrected chi connectivity index (χ3v) is 3.24. The molecule has 1 atom stereocenters. The lowest BCUT2D eigenvalue weighted by Crippen LogP contribution is -2.35. The molecule has 0 aliphatic rings. The van der Waals surface area contributed by atoms with E-state index in [1.165, 1.54) is 12.3 Å². The maximum absolute atomic E-state index is 10.8. The van der Waals surface area contributed by atoms with Gasteiger partial charge in [0.15, 0.2) is 0 Å². The number of carboxylic acids is 1. The Labute approximate surface area is 111 Å². The number of hydrogen-bond donors (Lipinski definition) is 3. The largest absolute Gasteiger partial charge is 0.478 e. The molecule has 0 radical (unpaired) electrons. The number of pyridine rings is 1. The van der Waals surface area contributed by atoms with Gasteiger partial charge in [0.25, 0.3) is 0 Å². The van der Waals surface area contributed by atoms with Crippen molar-refractivity contribution >= 4 is 23.4 Å². The van der Waals surface area contributed by atoms with Crippen molar-refractivity contribution in [3.63, 3.8) is 0 Å².